The maximum atomic E-state index is 12.3. The number of carboxylic acids is 3. The van der Waals surface area contributed by atoms with Gasteiger partial charge in [-0.1, -0.05) is 77.0 Å². The summed E-state index contributed by atoms with van der Waals surface area (Å²) in [7, 11) is 0. The monoisotopic (exact) mass is 842 g/mol. The average molecular weight is 843 g/mol. The van der Waals surface area contributed by atoms with Gasteiger partial charge in [-0.3, -0.25) is 24.0 Å². The SMILES string of the molecule is O=C(O)CCCCCCCCCCCCCCCCC(=O)N[C@@H](CCC(=O)NCCOCCOCC(=O)NCCCC[C@H](NI)C(=O)O)C(=O)O. The summed E-state index contributed by atoms with van der Waals surface area (Å²) in [5.74, 6) is -3.75. The van der Waals surface area contributed by atoms with E-state index >= 15 is 0 Å². The van der Waals surface area contributed by atoms with Crippen LogP contribution < -0.4 is 19.5 Å². The molecule has 15 nitrogen and oxygen atoms in total. The van der Waals surface area contributed by atoms with Gasteiger partial charge in [0.25, 0.3) is 0 Å². The maximum Gasteiger partial charge on any atom is 0.326 e. The number of amides is 3. The third-order valence-corrected chi connectivity index (χ3v) is 8.93. The topological polar surface area (TPSA) is 230 Å². The second-order valence-corrected chi connectivity index (χ2v) is 13.3. The van der Waals surface area contributed by atoms with Gasteiger partial charge in [0, 0.05) is 55.2 Å². The molecule has 0 unspecified atom stereocenters. The highest BCUT2D eigenvalue weighted by atomic mass is 127. The van der Waals surface area contributed by atoms with Gasteiger partial charge in [0.1, 0.15) is 18.7 Å². The number of carboxylic acid groups (broad SMARTS) is 3. The Morgan fingerprint density at radius 2 is 1.00 bits per heavy atom. The first-order valence-corrected chi connectivity index (χ1v) is 19.7. The summed E-state index contributed by atoms with van der Waals surface area (Å²) < 4.78 is 13.3. The van der Waals surface area contributed by atoms with Crippen LogP contribution in [0.3, 0.4) is 0 Å². The molecule has 0 bridgehead atoms. The number of carbonyl (C=O) groups excluding carboxylic acids is 3. The molecule has 3 amide bonds. The van der Waals surface area contributed by atoms with Crippen LogP contribution in [0.5, 0.6) is 0 Å². The number of unbranched alkanes of at least 4 members (excludes halogenated alkanes) is 14. The molecule has 296 valence electrons. The lowest BCUT2D eigenvalue weighted by atomic mass is 10.0. The predicted molar refractivity (Wildman–Crippen MR) is 200 cm³/mol. The molecule has 0 heterocycles. The van der Waals surface area contributed by atoms with E-state index in [1.54, 1.807) is 0 Å². The first kappa shape index (κ1) is 48.4. The fraction of sp³-hybridized carbons (Fsp3) is 0.829. The number of aliphatic carboxylic acids is 3. The lowest BCUT2D eigenvalue weighted by molar-refractivity contribution is -0.142. The highest BCUT2D eigenvalue weighted by Gasteiger charge is 2.21. The Morgan fingerprint density at radius 1 is 0.490 bits per heavy atom. The summed E-state index contributed by atoms with van der Waals surface area (Å²) in [4.78, 5) is 69.2. The minimum absolute atomic E-state index is 0.0189. The Hall–Kier alpha value is -2.57. The molecule has 2 atom stereocenters. The van der Waals surface area contributed by atoms with Crippen molar-refractivity contribution in [3.63, 3.8) is 0 Å². The summed E-state index contributed by atoms with van der Waals surface area (Å²) in [6.45, 7) is 1.14. The minimum Gasteiger partial charge on any atom is -0.481 e. The Kier molecular flexibility index (Phi) is 32.8. The predicted octanol–water partition coefficient (Wildman–Crippen LogP) is 4.49. The molecular weight excluding hydrogens is 779 g/mol. The summed E-state index contributed by atoms with van der Waals surface area (Å²) >= 11 is 1.81. The van der Waals surface area contributed by atoms with Gasteiger partial charge in [-0.2, -0.15) is 0 Å². The van der Waals surface area contributed by atoms with Gasteiger partial charge in [0.05, 0.1) is 19.8 Å². The van der Waals surface area contributed by atoms with Crippen LogP contribution in [0.15, 0.2) is 0 Å². The largest absolute Gasteiger partial charge is 0.481 e. The van der Waals surface area contributed by atoms with Gasteiger partial charge in [0.2, 0.25) is 17.7 Å². The van der Waals surface area contributed by atoms with Gasteiger partial charge in [-0.15, -0.1) is 0 Å². The molecule has 0 aromatic heterocycles. The fourth-order valence-corrected chi connectivity index (χ4v) is 5.77. The van der Waals surface area contributed by atoms with Gasteiger partial charge < -0.3 is 40.7 Å². The van der Waals surface area contributed by atoms with Crippen molar-refractivity contribution in [2.45, 2.75) is 147 Å². The van der Waals surface area contributed by atoms with Crippen LogP contribution >= 0.6 is 22.9 Å². The molecule has 0 aliphatic rings. The third kappa shape index (κ3) is 33.0. The zero-order chi connectivity index (χ0) is 38.0. The Labute approximate surface area is 317 Å². The fourth-order valence-electron chi connectivity index (χ4n) is 5.20. The first-order valence-electron chi connectivity index (χ1n) is 18.6. The molecular formula is C35H63IN4O11. The molecule has 0 fully saturated rings. The number of hydrogen-bond acceptors (Lipinski definition) is 9. The van der Waals surface area contributed by atoms with Crippen LogP contribution in [0.2, 0.25) is 0 Å². The van der Waals surface area contributed by atoms with E-state index in [1.165, 1.54) is 44.9 Å². The van der Waals surface area contributed by atoms with E-state index in [2.05, 4.69) is 19.5 Å². The second-order valence-electron chi connectivity index (χ2n) is 12.7. The van der Waals surface area contributed by atoms with E-state index in [-0.39, 0.29) is 76.4 Å². The van der Waals surface area contributed by atoms with E-state index in [9.17, 15) is 33.9 Å². The van der Waals surface area contributed by atoms with Crippen LogP contribution in [-0.4, -0.2) is 103 Å². The van der Waals surface area contributed by atoms with Crippen molar-refractivity contribution in [3.05, 3.63) is 0 Å². The van der Waals surface area contributed by atoms with Crippen LogP contribution in [0.25, 0.3) is 0 Å². The smallest absolute Gasteiger partial charge is 0.326 e. The molecule has 0 aliphatic carbocycles. The number of ether oxygens (including phenoxy) is 2. The summed E-state index contributed by atoms with van der Waals surface area (Å²) in [6, 6.07) is -1.74. The Balaban J connectivity index is 3.71. The number of halogens is 1. The average Bonchev–Trinajstić information content (AvgIpc) is 3.08. The summed E-state index contributed by atoms with van der Waals surface area (Å²) in [6.07, 6.45) is 17.3. The Bertz CT molecular complexity index is 974. The van der Waals surface area contributed by atoms with Gasteiger partial charge >= 0.3 is 17.9 Å². The molecule has 0 spiro atoms. The molecule has 7 N–H and O–H groups in total. The summed E-state index contributed by atoms with van der Waals surface area (Å²) in [5.41, 5.74) is 0. The number of rotatable bonds is 37. The van der Waals surface area contributed by atoms with Crippen molar-refractivity contribution in [3.8, 4) is 0 Å². The standard InChI is InChI=1S/C35H63IN4O11/c36-40-29(35(48)49)17-15-16-22-37-32(43)27-51-26-25-50-24-23-38-30(41)21-20-28(34(46)47)39-31(42)18-13-11-9-7-5-3-1-2-4-6-8-10-12-14-19-33(44)45/h28-29,40H,1-27H2,(H,37,43)(H,38,41)(H,39,42)(H,44,45)(H,46,47)(H,48,49)/t28-,29-/m0/s1. The van der Waals surface area contributed by atoms with Gasteiger partial charge in [-0.25, -0.2) is 8.32 Å². The Morgan fingerprint density at radius 3 is 1.53 bits per heavy atom. The van der Waals surface area contributed by atoms with Crippen molar-refractivity contribution in [2.24, 2.45) is 0 Å². The van der Waals surface area contributed by atoms with E-state index in [0.717, 1.165) is 38.5 Å². The van der Waals surface area contributed by atoms with Crippen molar-refractivity contribution in [1.29, 1.82) is 0 Å². The van der Waals surface area contributed by atoms with Crippen molar-refractivity contribution in [1.82, 2.24) is 19.5 Å². The third-order valence-electron chi connectivity index (χ3n) is 8.18. The highest BCUT2D eigenvalue weighted by molar-refractivity contribution is 14.1. The van der Waals surface area contributed by atoms with E-state index in [0.29, 0.717) is 32.2 Å². The molecule has 0 aliphatic heterocycles. The lowest BCUT2D eigenvalue weighted by Gasteiger charge is -2.14. The van der Waals surface area contributed by atoms with Crippen LogP contribution in [-0.2, 0) is 38.2 Å². The number of nitrogens with one attached hydrogen (secondary N) is 4. The van der Waals surface area contributed by atoms with Gasteiger partial charge in [-0.05, 0) is 38.5 Å². The zero-order valence-corrected chi connectivity index (χ0v) is 32.4. The number of hydrogen-bond donors (Lipinski definition) is 7. The molecule has 16 heteroatoms. The van der Waals surface area contributed by atoms with Crippen molar-refractivity contribution >= 4 is 58.5 Å². The maximum absolute atomic E-state index is 12.3. The van der Waals surface area contributed by atoms with E-state index in [1.807, 2.05) is 22.9 Å². The van der Waals surface area contributed by atoms with Crippen LogP contribution in [0.4, 0.5) is 0 Å². The summed E-state index contributed by atoms with van der Waals surface area (Å²) in [5, 5.41) is 35.0. The zero-order valence-electron chi connectivity index (χ0n) is 30.2. The first-order chi connectivity index (χ1) is 24.6. The molecule has 0 saturated heterocycles. The van der Waals surface area contributed by atoms with Crippen LogP contribution in [0.1, 0.15) is 135 Å². The lowest BCUT2D eigenvalue weighted by Crippen LogP contribution is -2.41. The molecule has 0 saturated carbocycles. The van der Waals surface area contributed by atoms with Crippen molar-refractivity contribution < 1.29 is 53.6 Å². The molecule has 51 heavy (non-hydrogen) atoms. The molecule has 0 aromatic carbocycles. The van der Waals surface area contributed by atoms with Crippen molar-refractivity contribution in [2.75, 3.05) is 39.5 Å². The highest BCUT2D eigenvalue weighted by Crippen LogP contribution is 2.14. The minimum atomic E-state index is -1.18. The van der Waals surface area contributed by atoms with E-state index in [4.69, 9.17) is 19.7 Å². The number of carbonyl (C=O) groups is 6. The quantitative estimate of drug-likeness (QED) is 0.0261. The molecule has 0 rings (SSSR count). The van der Waals surface area contributed by atoms with E-state index < -0.39 is 30.0 Å². The normalized spacial score (nSPS) is 12.2. The molecule has 0 radical (unpaired) electrons. The van der Waals surface area contributed by atoms with Crippen LogP contribution in [0, 0.1) is 0 Å². The molecule has 0 aromatic rings. The van der Waals surface area contributed by atoms with Gasteiger partial charge in [0.15, 0.2) is 0 Å². The second kappa shape index (κ2) is 34.5.